The zero-order valence-corrected chi connectivity index (χ0v) is 10.7. The van der Waals surface area contributed by atoms with Crippen LogP contribution in [0.4, 0.5) is 4.79 Å². The van der Waals surface area contributed by atoms with Crippen molar-refractivity contribution in [1.29, 1.82) is 0 Å². The van der Waals surface area contributed by atoms with Crippen LogP contribution in [0.3, 0.4) is 0 Å². The van der Waals surface area contributed by atoms with Crippen LogP contribution in [0.5, 0.6) is 0 Å². The highest BCUT2D eigenvalue weighted by atomic mass is 32.2. The Labute approximate surface area is 102 Å². The van der Waals surface area contributed by atoms with Crippen molar-refractivity contribution in [2.24, 2.45) is 0 Å². The first-order chi connectivity index (χ1) is 7.77. The summed E-state index contributed by atoms with van der Waals surface area (Å²) in [4.78, 5) is 11.3. The molecule has 0 fully saturated rings. The van der Waals surface area contributed by atoms with Gasteiger partial charge in [0.2, 0.25) is 0 Å². The van der Waals surface area contributed by atoms with Crippen molar-refractivity contribution in [1.82, 2.24) is 5.32 Å². The lowest BCUT2D eigenvalue weighted by atomic mass is 9.97. The van der Waals surface area contributed by atoms with Gasteiger partial charge in [0, 0.05) is 12.5 Å². The van der Waals surface area contributed by atoms with Gasteiger partial charge in [0.25, 0.3) is 5.24 Å². The molecule has 0 saturated carbocycles. The zero-order valence-electron chi connectivity index (χ0n) is 9.90. The summed E-state index contributed by atoms with van der Waals surface area (Å²) in [6.07, 6.45) is 1.04. The molecule has 1 atom stereocenters. The molecule has 1 rings (SSSR count). The number of carbonyl (C=O) groups excluding carboxylic acids is 1. The van der Waals surface area contributed by atoms with Crippen molar-refractivity contribution in [3.05, 3.63) is 35.9 Å². The van der Waals surface area contributed by atoms with Crippen LogP contribution in [0.25, 0.3) is 0 Å². The SMILES string of the molecule is CCSC(=O)NCC(CC)c1ccccc1. The molecule has 0 radical (unpaired) electrons. The van der Waals surface area contributed by atoms with Crippen molar-refractivity contribution in [3.8, 4) is 0 Å². The Morgan fingerprint density at radius 2 is 2.00 bits per heavy atom. The van der Waals surface area contributed by atoms with Crippen molar-refractivity contribution in [2.45, 2.75) is 26.2 Å². The molecule has 2 nitrogen and oxygen atoms in total. The Balaban J connectivity index is 2.47. The second kappa shape index (κ2) is 7.34. The van der Waals surface area contributed by atoms with Crippen LogP contribution in [0.1, 0.15) is 31.7 Å². The van der Waals surface area contributed by atoms with Crippen molar-refractivity contribution < 1.29 is 4.79 Å². The first kappa shape index (κ1) is 13.1. The third-order valence-corrected chi connectivity index (χ3v) is 3.23. The maximum Gasteiger partial charge on any atom is 0.279 e. The average Bonchev–Trinajstić information content (AvgIpc) is 2.31. The fraction of sp³-hybridized carbons (Fsp3) is 0.462. The minimum atomic E-state index is 0.0804. The number of hydrogen-bond acceptors (Lipinski definition) is 2. The molecule has 0 bridgehead atoms. The van der Waals surface area contributed by atoms with Crippen LogP contribution >= 0.6 is 11.8 Å². The summed E-state index contributed by atoms with van der Waals surface area (Å²) in [6.45, 7) is 4.86. The van der Waals surface area contributed by atoms with Gasteiger partial charge in [-0.3, -0.25) is 4.79 Å². The smallest absolute Gasteiger partial charge is 0.279 e. The van der Waals surface area contributed by atoms with Gasteiger partial charge in [0.1, 0.15) is 0 Å². The van der Waals surface area contributed by atoms with Crippen LogP contribution in [-0.4, -0.2) is 17.5 Å². The minimum absolute atomic E-state index is 0.0804. The average molecular weight is 237 g/mol. The molecule has 1 aromatic rings. The zero-order chi connectivity index (χ0) is 11.8. The summed E-state index contributed by atoms with van der Waals surface area (Å²) < 4.78 is 0. The largest absolute Gasteiger partial charge is 0.346 e. The van der Waals surface area contributed by atoms with E-state index in [-0.39, 0.29) is 5.24 Å². The minimum Gasteiger partial charge on any atom is -0.346 e. The number of thioether (sulfide) groups is 1. The van der Waals surface area contributed by atoms with Crippen LogP contribution in [0, 0.1) is 0 Å². The number of nitrogens with one attached hydrogen (secondary N) is 1. The van der Waals surface area contributed by atoms with E-state index in [0.717, 1.165) is 18.7 Å². The third kappa shape index (κ3) is 4.27. The Hall–Kier alpha value is -0.960. The van der Waals surface area contributed by atoms with Gasteiger partial charge >= 0.3 is 0 Å². The molecule has 1 N–H and O–H groups in total. The van der Waals surface area contributed by atoms with Gasteiger partial charge in [-0.25, -0.2) is 0 Å². The predicted molar refractivity (Wildman–Crippen MR) is 71.0 cm³/mol. The fourth-order valence-electron chi connectivity index (χ4n) is 1.61. The monoisotopic (exact) mass is 237 g/mol. The van der Waals surface area contributed by atoms with Gasteiger partial charge in [-0.15, -0.1) is 0 Å². The quantitative estimate of drug-likeness (QED) is 0.847. The van der Waals surface area contributed by atoms with Gasteiger partial charge in [0.15, 0.2) is 0 Å². The highest BCUT2D eigenvalue weighted by Gasteiger charge is 2.10. The first-order valence-electron chi connectivity index (χ1n) is 5.73. The number of rotatable bonds is 5. The van der Waals surface area contributed by atoms with E-state index in [2.05, 4.69) is 24.4 Å². The fourth-order valence-corrected chi connectivity index (χ4v) is 2.06. The van der Waals surface area contributed by atoms with Crippen molar-refractivity contribution in [2.75, 3.05) is 12.3 Å². The molecule has 0 aliphatic carbocycles. The summed E-state index contributed by atoms with van der Waals surface area (Å²) in [5.74, 6) is 1.25. The topological polar surface area (TPSA) is 29.1 Å². The summed E-state index contributed by atoms with van der Waals surface area (Å²) >= 11 is 1.33. The van der Waals surface area contributed by atoms with Crippen LogP contribution in [-0.2, 0) is 0 Å². The predicted octanol–water partition coefficient (Wildman–Crippen LogP) is 3.64. The van der Waals surface area contributed by atoms with E-state index in [0.29, 0.717) is 5.92 Å². The maximum atomic E-state index is 11.3. The van der Waals surface area contributed by atoms with Gasteiger partial charge in [0.05, 0.1) is 0 Å². The highest BCUT2D eigenvalue weighted by molar-refractivity contribution is 8.13. The lowest BCUT2D eigenvalue weighted by Crippen LogP contribution is -2.24. The van der Waals surface area contributed by atoms with Gasteiger partial charge in [-0.05, 0) is 17.7 Å². The maximum absolute atomic E-state index is 11.3. The van der Waals surface area contributed by atoms with Crippen molar-refractivity contribution >= 4 is 17.0 Å². The van der Waals surface area contributed by atoms with Crippen LogP contribution in [0.15, 0.2) is 30.3 Å². The number of hydrogen-bond donors (Lipinski definition) is 1. The molecular weight excluding hydrogens is 218 g/mol. The highest BCUT2D eigenvalue weighted by Crippen LogP contribution is 2.18. The number of amides is 1. The molecule has 0 spiro atoms. The molecule has 0 aliphatic rings. The Bertz CT molecular complexity index is 313. The Morgan fingerprint density at radius 3 is 2.56 bits per heavy atom. The molecule has 1 unspecified atom stereocenters. The normalized spacial score (nSPS) is 12.1. The lowest BCUT2D eigenvalue weighted by molar-refractivity contribution is 0.260. The van der Waals surface area contributed by atoms with E-state index >= 15 is 0 Å². The third-order valence-electron chi connectivity index (χ3n) is 2.53. The Morgan fingerprint density at radius 1 is 1.31 bits per heavy atom. The van der Waals surface area contributed by atoms with Gasteiger partial charge in [-0.2, -0.15) is 0 Å². The van der Waals surface area contributed by atoms with E-state index in [1.807, 2.05) is 25.1 Å². The molecule has 1 aromatic carbocycles. The lowest BCUT2D eigenvalue weighted by Gasteiger charge is -2.15. The molecular formula is C13H19NOS. The van der Waals surface area contributed by atoms with Gasteiger partial charge < -0.3 is 5.32 Å². The molecule has 0 aromatic heterocycles. The van der Waals surface area contributed by atoms with E-state index < -0.39 is 0 Å². The summed E-state index contributed by atoms with van der Waals surface area (Å²) in [5.41, 5.74) is 1.30. The molecule has 0 aliphatic heterocycles. The second-order valence-electron chi connectivity index (χ2n) is 3.62. The summed E-state index contributed by atoms with van der Waals surface area (Å²) in [6, 6.07) is 10.3. The molecule has 0 heterocycles. The first-order valence-corrected chi connectivity index (χ1v) is 6.72. The Kier molecular flexibility index (Phi) is 6.01. The van der Waals surface area contributed by atoms with Crippen LogP contribution < -0.4 is 5.32 Å². The summed E-state index contributed by atoms with van der Waals surface area (Å²) in [5, 5.41) is 3.04. The van der Waals surface area contributed by atoms with Gasteiger partial charge in [-0.1, -0.05) is 55.9 Å². The number of carbonyl (C=O) groups is 1. The van der Waals surface area contributed by atoms with Crippen molar-refractivity contribution in [3.63, 3.8) is 0 Å². The van der Waals surface area contributed by atoms with E-state index in [4.69, 9.17) is 0 Å². The van der Waals surface area contributed by atoms with E-state index in [1.54, 1.807) is 0 Å². The molecule has 88 valence electrons. The second-order valence-corrected chi connectivity index (χ2v) is 4.85. The molecule has 0 saturated heterocycles. The molecule has 16 heavy (non-hydrogen) atoms. The number of benzene rings is 1. The molecule has 3 heteroatoms. The molecule has 1 amide bonds. The standard InChI is InChI=1S/C13H19NOS/c1-3-11(10-14-13(15)16-4-2)12-8-6-5-7-9-12/h5-9,11H,3-4,10H2,1-2H3,(H,14,15). The van der Waals surface area contributed by atoms with Crippen LogP contribution in [0.2, 0.25) is 0 Å². The van der Waals surface area contributed by atoms with E-state index in [9.17, 15) is 4.79 Å². The summed E-state index contributed by atoms with van der Waals surface area (Å²) in [7, 11) is 0. The van der Waals surface area contributed by atoms with E-state index in [1.165, 1.54) is 17.3 Å².